The Morgan fingerprint density at radius 1 is 0.586 bits per heavy atom. The summed E-state index contributed by atoms with van der Waals surface area (Å²) in [5.41, 5.74) is 2.77. The number of H-pyrrole nitrogens is 1. The van der Waals surface area contributed by atoms with Gasteiger partial charge in [0, 0.05) is 12.4 Å². The third-order valence-corrected chi connectivity index (χ3v) is 5.41. The molecule has 4 aromatic rings. The average molecular weight is 404 g/mol. The maximum atomic E-state index is 11.1. The van der Waals surface area contributed by atoms with E-state index in [4.69, 9.17) is 0 Å². The molecule has 0 aliphatic carbocycles. The summed E-state index contributed by atoms with van der Waals surface area (Å²) in [4.78, 5) is 13.9. The Hall–Kier alpha value is -3.64. The highest BCUT2D eigenvalue weighted by Gasteiger charge is 2.31. The van der Waals surface area contributed by atoms with Crippen LogP contribution in [0.15, 0.2) is 114 Å². The minimum absolute atomic E-state index is 0.0648. The molecule has 2 N–H and O–H groups in total. The number of carbonyl (C=O) groups excluding carboxylic acids is 1. The third kappa shape index (κ3) is 5.43. The van der Waals surface area contributed by atoms with Crippen molar-refractivity contribution in [2.45, 2.75) is 4.90 Å². The molecule has 0 saturated carbocycles. The molecule has 146 valence electrons. The van der Waals surface area contributed by atoms with Crippen molar-refractivity contribution in [1.82, 2.24) is 9.71 Å². The number of fused-ring (bicyclic) bond motifs is 1. The van der Waals surface area contributed by atoms with Gasteiger partial charge in [-0.05, 0) is 35.4 Å². The Kier molecular flexibility index (Phi) is 6.60. The Labute approximate surface area is 170 Å². The van der Waals surface area contributed by atoms with E-state index in [1.807, 2.05) is 41.4 Å². The van der Waals surface area contributed by atoms with Crippen molar-refractivity contribution in [3.05, 3.63) is 115 Å². The summed E-state index contributed by atoms with van der Waals surface area (Å²) in [5.74, 6) is -0.550. The lowest BCUT2D eigenvalue weighted by atomic mass is 10.1. The van der Waals surface area contributed by atoms with Crippen molar-refractivity contribution in [3.8, 4) is 11.1 Å². The Bertz CT molecular complexity index is 1090. The number of sulfonamides is 1. The van der Waals surface area contributed by atoms with Crippen LogP contribution in [-0.2, 0) is 10.0 Å². The lowest BCUT2D eigenvalue weighted by Gasteiger charge is -1.98. The zero-order chi connectivity index (χ0) is 20.5. The van der Waals surface area contributed by atoms with Gasteiger partial charge in [0.05, 0.1) is 5.56 Å². The average Bonchev–Trinajstić information content (AvgIpc) is 3.42. The van der Waals surface area contributed by atoms with Gasteiger partial charge in [-0.25, -0.2) is 13.1 Å². The summed E-state index contributed by atoms with van der Waals surface area (Å²) in [6.45, 7) is 0. The number of amides is 1. The molecule has 0 saturated heterocycles. The van der Waals surface area contributed by atoms with E-state index >= 15 is 0 Å². The minimum atomic E-state index is -3.55. The molecule has 29 heavy (non-hydrogen) atoms. The number of benzene rings is 3. The number of nitrogens with one attached hydrogen (secondary N) is 2. The predicted octanol–water partition coefficient (Wildman–Crippen LogP) is 4.49. The summed E-state index contributed by atoms with van der Waals surface area (Å²) in [5, 5.41) is 0. The molecule has 3 aromatic carbocycles. The molecular weight excluding hydrogens is 384 g/mol. The summed E-state index contributed by atoms with van der Waals surface area (Å²) >= 11 is 0. The molecule has 1 aliphatic heterocycles. The van der Waals surface area contributed by atoms with Crippen LogP contribution in [0.4, 0.5) is 0 Å². The van der Waals surface area contributed by atoms with Crippen molar-refractivity contribution in [2.75, 3.05) is 0 Å². The predicted molar refractivity (Wildman–Crippen MR) is 114 cm³/mol. The maximum Gasteiger partial charge on any atom is 0.266 e. The molecule has 0 radical (unpaired) electrons. The van der Waals surface area contributed by atoms with E-state index in [1.54, 1.807) is 12.1 Å². The second kappa shape index (κ2) is 9.52. The molecular formula is C23H20N2O3S. The molecule has 2 heterocycles. The molecule has 5 nitrogen and oxygen atoms in total. The topological polar surface area (TPSA) is 79.0 Å². The van der Waals surface area contributed by atoms with Gasteiger partial charge in [-0.3, -0.25) is 4.79 Å². The molecule has 0 spiro atoms. The molecule has 0 bridgehead atoms. The third-order valence-electron chi connectivity index (χ3n) is 4.03. The first-order chi connectivity index (χ1) is 14.1. The van der Waals surface area contributed by atoms with Crippen molar-refractivity contribution in [2.24, 2.45) is 0 Å². The second-order valence-corrected chi connectivity index (χ2v) is 7.70. The Morgan fingerprint density at radius 3 is 1.52 bits per heavy atom. The van der Waals surface area contributed by atoms with Crippen LogP contribution in [0.5, 0.6) is 0 Å². The van der Waals surface area contributed by atoms with Crippen LogP contribution in [0.25, 0.3) is 11.1 Å². The number of hydrogen-bond donors (Lipinski definition) is 2. The van der Waals surface area contributed by atoms with Gasteiger partial charge < -0.3 is 4.98 Å². The van der Waals surface area contributed by atoms with Crippen LogP contribution < -0.4 is 4.72 Å². The molecule has 0 fully saturated rings. The van der Waals surface area contributed by atoms with Gasteiger partial charge in [0.2, 0.25) is 0 Å². The van der Waals surface area contributed by atoms with Crippen molar-refractivity contribution in [3.63, 3.8) is 0 Å². The lowest BCUT2D eigenvalue weighted by molar-refractivity contribution is 0.0985. The fourth-order valence-corrected chi connectivity index (χ4v) is 3.83. The Balaban J connectivity index is 0.000000135. The molecule has 0 atom stereocenters. The highest BCUT2D eigenvalue weighted by atomic mass is 32.2. The first-order valence-electron chi connectivity index (χ1n) is 8.92. The van der Waals surface area contributed by atoms with Crippen LogP contribution in [0, 0.1) is 0 Å². The monoisotopic (exact) mass is 404 g/mol. The van der Waals surface area contributed by atoms with E-state index in [9.17, 15) is 13.2 Å². The van der Waals surface area contributed by atoms with Gasteiger partial charge >= 0.3 is 0 Å². The van der Waals surface area contributed by atoms with Gasteiger partial charge in [-0.2, -0.15) is 0 Å². The van der Waals surface area contributed by atoms with Gasteiger partial charge in [0.25, 0.3) is 15.9 Å². The number of hydrogen-bond acceptors (Lipinski definition) is 3. The molecule has 0 unspecified atom stereocenters. The fraction of sp³-hybridized carbons (Fsp3) is 0. The number of rotatable bonds is 1. The summed E-state index contributed by atoms with van der Waals surface area (Å²) < 4.78 is 24.2. The van der Waals surface area contributed by atoms with Gasteiger partial charge in [-0.15, -0.1) is 0 Å². The smallest absolute Gasteiger partial charge is 0.266 e. The summed E-state index contributed by atoms with van der Waals surface area (Å²) in [6.07, 6.45) is 3.75. The summed E-state index contributed by atoms with van der Waals surface area (Å²) in [6, 6.07) is 30.8. The largest absolute Gasteiger partial charge is 0.368 e. The number of aromatic amines is 1. The lowest BCUT2D eigenvalue weighted by Crippen LogP contribution is -2.20. The zero-order valence-electron chi connectivity index (χ0n) is 15.5. The second-order valence-electron chi connectivity index (χ2n) is 6.05. The van der Waals surface area contributed by atoms with Crippen LogP contribution in [0.2, 0.25) is 0 Å². The highest BCUT2D eigenvalue weighted by molar-refractivity contribution is 7.90. The van der Waals surface area contributed by atoms with Crippen molar-refractivity contribution in [1.29, 1.82) is 0 Å². The molecule has 1 aliphatic rings. The van der Waals surface area contributed by atoms with E-state index in [2.05, 4.69) is 53.5 Å². The molecule has 6 heteroatoms. The number of carbonyl (C=O) groups is 1. The number of aromatic nitrogens is 1. The minimum Gasteiger partial charge on any atom is -0.368 e. The quantitative estimate of drug-likeness (QED) is 0.491. The van der Waals surface area contributed by atoms with Crippen molar-refractivity contribution >= 4 is 15.9 Å². The van der Waals surface area contributed by atoms with Gasteiger partial charge in [0.1, 0.15) is 4.90 Å². The summed E-state index contributed by atoms with van der Waals surface area (Å²) in [7, 11) is -3.55. The highest BCUT2D eigenvalue weighted by Crippen LogP contribution is 2.21. The van der Waals surface area contributed by atoms with Crippen LogP contribution in [0.1, 0.15) is 10.4 Å². The van der Waals surface area contributed by atoms with Crippen LogP contribution in [-0.4, -0.2) is 19.3 Å². The van der Waals surface area contributed by atoms with E-state index < -0.39 is 15.9 Å². The first-order valence-corrected chi connectivity index (χ1v) is 10.4. The molecule has 5 rings (SSSR count). The Morgan fingerprint density at radius 2 is 1.07 bits per heavy atom. The molecule has 1 aromatic heterocycles. The van der Waals surface area contributed by atoms with Crippen LogP contribution >= 0.6 is 0 Å². The van der Waals surface area contributed by atoms with Crippen LogP contribution in [0.3, 0.4) is 0 Å². The first kappa shape index (κ1) is 20.1. The zero-order valence-corrected chi connectivity index (χ0v) is 16.3. The van der Waals surface area contributed by atoms with E-state index in [0.717, 1.165) is 0 Å². The van der Waals surface area contributed by atoms with Gasteiger partial charge in [-0.1, -0.05) is 72.8 Å². The standard InChI is InChI=1S/C12H10.C7H5NO3S.C4H5N/c1-3-7-11(8-4-1)12-9-5-2-6-10-12;9-7-5-3-1-2-4-6(5)12(10,11)8-7;1-2-4-5-3-1/h1-10H;1-4H,(H,8,9);1-5H. The molecule has 1 amide bonds. The normalized spacial score (nSPS) is 13.0. The van der Waals surface area contributed by atoms with E-state index in [0.29, 0.717) is 0 Å². The SMILES string of the molecule is O=C1NS(=O)(=O)c2ccccc21.c1cc[nH]c1.c1ccc(-c2ccccc2)cc1. The fourth-order valence-electron chi connectivity index (χ4n) is 2.66. The maximum absolute atomic E-state index is 11.1. The van der Waals surface area contributed by atoms with E-state index in [-0.39, 0.29) is 10.5 Å². The van der Waals surface area contributed by atoms with Crippen molar-refractivity contribution < 1.29 is 13.2 Å². The van der Waals surface area contributed by atoms with E-state index in [1.165, 1.54) is 23.3 Å². The van der Waals surface area contributed by atoms with Gasteiger partial charge in [0.15, 0.2) is 0 Å².